The van der Waals surface area contributed by atoms with Gasteiger partial charge in [0.05, 0.1) is 0 Å². The molecule has 2 aliphatic rings. The monoisotopic (exact) mass is 211 g/mol. The Hall–Kier alpha value is -0.120. The maximum absolute atomic E-state index is 5.93. The zero-order valence-corrected chi connectivity index (χ0v) is 9.91. The van der Waals surface area contributed by atoms with Gasteiger partial charge < -0.3 is 16.0 Å². The van der Waals surface area contributed by atoms with Gasteiger partial charge >= 0.3 is 0 Å². The quantitative estimate of drug-likeness (QED) is 0.730. The lowest BCUT2D eigenvalue weighted by Crippen LogP contribution is -2.45. The predicted octanol–water partition coefficient (Wildman–Crippen LogP) is 0.940. The summed E-state index contributed by atoms with van der Waals surface area (Å²) in [4.78, 5) is 2.54. The first-order valence-corrected chi connectivity index (χ1v) is 6.52. The average Bonchev–Trinajstić information content (AvgIpc) is 2.65. The summed E-state index contributed by atoms with van der Waals surface area (Å²) in [6, 6.07) is 1.92. The van der Waals surface area contributed by atoms with Crippen molar-refractivity contribution in [3.63, 3.8) is 0 Å². The van der Waals surface area contributed by atoms with Crippen molar-refractivity contribution >= 4 is 0 Å². The first-order valence-electron chi connectivity index (χ1n) is 6.52. The molecule has 15 heavy (non-hydrogen) atoms. The second kappa shape index (κ2) is 5.28. The highest BCUT2D eigenvalue weighted by Gasteiger charge is 2.25. The highest BCUT2D eigenvalue weighted by atomic mass is 15.1. The molecule has 2 atom stereocenters. The highest BCUT2D eigenvalue weighted by Crippen LogP contribution is 2.19. The highest BCUT2D eigenvalue weighted by molar-refractivity contribution is 4.87. The van der Waals surface area contributed by atoms with Gasteiger partial charge in [0.25, 0.3) is 0 Å². The molecule has 2 fully saturated rings. The molecule has 0 bridgehead atoms. The fourth-order valence-electron chi connectivity index (χ4n) is 2.92. The van der Waals surface area contributed by atoms with Crippen LogP contribution in [0.1, 0.15) is 39.0 Å². The summed E-state index contributed by atoms with van der Waals surface area (Å²) >= 11 is 0. The van der Waals surface area contributed by atoms with E-state index in [4.69, 9.17) is 5.73 Å². The Morgan fingerprint density at radius 2 is 1.87 bits per heavy atom. The fourth-order valence-corrected chi connectivity index (χ4v) is 2.92. The molecule has 2 rings (SSSR count). The first-order chi connectivity index (χ1) is 7.28. The average molecular weight is 211 g/mol. The molecule has 3 N–H and O–H groups in total. The summed E-state index contributed by atoms with van der Waals surface area (Å²) in [7, 11) is 0. The second-order valence-electron chi connectivity index (χ2n) is 5.15. The minimum absolute atomic E-state index is 0.457. The van der Waals surface area contributed by atoms with Crippen LogP contribution in [0.3, 0.4) is 0 Å². The second-order valence-corrected chi connectivity index (χ2v) is 5.15. The van der Waals surface area contributed by atoms with E-state index in [1.165, 1.54) is 51.7 Å². The van der Waals surface area contributed by atoms with Crippen molar-refractivity contribution < 1.29 is 0 Å². The smallest absolute Gasteiger partial charge is 0.00940 e. The van der Waals surface area contributed by atoms with Gasteiger partial charge in [-0.2, -0.15) is 0 Å². The maximum Gasteiger partial charge on any atom is 0.00940 e. The van der Waals surface area contributed by atoms with Crippen LogP contribution in [0, 0.1) is 0 Å². The summed E-state index contributed by atoms with van der Waals surface area (Å²) in [6.07, 6.45) is 6.33. The van der Waals surface area contributed by atoms with E-state index in [0.717, 1.165) is 6.04 Å². The van der Waals surface area contributed by atoms with Crippen LogP contribution in [0.5, 0.6) is 0 Å². The minimum atomic E-state index is 0.457. The number of hydrogen-bond donors (Lipinski definition) is 2. The molecule has 3 nitrogen and oxygen atoms in total. The van der Waals surface area contributed by atoms with Crippen LogP contribution in [0.25, 0.3) is 0 Å². The van der Waals surface area contributed by atoms with Crippen molar-refractivity contribution in [1.29, 1.82) is 0 Å². The van der Waals surface area contributed by atoms with Crippen LogP contribution in [-0.2, 0) is 0 Å². The summed E-state index contributed by atoms with van der Waals surface area (Å²) in [5.74, 6) is 0. The molecule has 88 valence electrons. The van der Waals surface area contributed by atoms with Gasteiger partial charge in [-0.3, -0.25) is 0 Å². The van der Waals surface area contributed by atoms with Gasteiger partial charge in [-0.1, -0.05) is 6.92 Å². The van der Waals surface area contributed by atoms with E-state index < -0.39 is 0 Å². The van der Waals surface area contributed by atoms with Gasteiger partial charge in [-0.05, 0) is 51.7 Å². The number of nitrogens with zero attached hydrogens (tertiary/aromatic N) is 1. The molecule has 1 heterocycles. The Morgan fingerprint density at radius 3 is 2.40 bits per heavy atom. The minimum Gasteiger partial charge on any atom is -0.328 e. The lowest BCUT2D eigenvalue weighted by atomic mass is 10.0. The zero-order valence-electron chi connectivity index (χ0n) is 9.91. The van der Waals surface area contributed by atoms with Crippen molar-refractivity contribution in [2.24, 2.45) is 5.73 Å². The first kappa shape index (κ1) is 11.4. The molecule has 0 spiro atoms. The van der Waals surface area contributed by atoms with Crippen LogP contribution in [0.15, 0.2) is 0 Å². The van der Waals surface area contributed by atoms with E-state index in [-0.39, 0.29) is 0 Å². The molecule has 0 aromatic rings. The normalized spacial score (nSPS) is 34.8. The summed E-state index contributed by atoms with van der Waals surface area (Å²) in [6.45, 7) is 6.00. The Balaban J connectivity index is 1.68. The number of nitrogens with two attached hydrogens (primary N) is 1. The molecule has 1 aliphatic heterocycles. The third-order valence-electron chi connectivity index (χ3n) is 3.98. The van der Waals surface area contributed by atoms with Crippen molar-refractivity contribution in [3.8, 4) is 0 Å². The molecule has 3 heteroatoms. The summed E-state index contributed by atoms with van der Waals surface area (Å²) in [5, 5.41) is 3.79. The predicted molar refractivity (Wildman–Crippen MR) is 63.9 cm³/mol. The van der Waals surface area contributed by atoms with Crippen molar-refractivity contribution in [3.05, 3.63) is 0 Å². The molecular weight excluding hydrogens is 186 g/mol. The molecule has 2 unspecified atom stereocenters. The molecule has 0 aromatic heterocycles. The van der Waals surface area contributed by atoms with Crippen molar-refractivity contribution in [2.45, 2.75) is 57.2 Å². The third-order valence-corrected chi connectivity index (χ3v) is 3.98. The molecule has 0 aromatic carbocycles. The van der Waals surface area contributed by atoms with Crippen LogP contribution in [0.2, 0.25) is 0 Å². The Morgan fingerprint density at radius 1 is 1.13 bits per heavy atom. The van der Waals surface area contributed by atoms with Crippen LogP contribution in [-0.4, -0.2) is 42.7 Å². The molecule has 0 radical (unpaired) electrons. The Labute approximate surface area is 93.4 Å². The number of rotatable bonds is 3. The fraction of sp³-hybridized carbons (Fsp3) is 1.00. The van der Waals surface area contributed by atoms with E-state index in [0.29, 0.717) is 12.1 Å². The molecule has 1 aliphatic carbocycles. The van der Waals surface area contributed by atoms with Crippen molar-refractivity contribution in [2.75, 3.05) is 19.6 Å². The molecule has 1 saturated heterocycles. The standard InChI is InChI=1S/C12H25N3/c1-2-15-7-5-11(6-8-15)14-12-4-3-10(13)9-12/h10-12,14H,2-9,13H2,1H3. The maximum atomic E-state index is 5.93. The van der Waals surface area contributed by atoms with E-state index in [2.05, 4.69) is 17.1 Å². The van der Waals surface area contributed by atoms with Gasteiger partial charge in [0.15, 0.2) is 0 Å². The molecular formula is C12H25N3. The van der Waals surface area contributed by atoms with Crippen LogP contribution in [0.4, 0.5) is 0 Å². The number of piperidine rings is 1. The SMILES string of the molecule is CCN1CCC(NC2CCC(N)C2)CC1. The Kier molecular flexibility index (Phi) is 4.00. The van der Waals surface area contributed by atoms with E-state index in [1.54, 1.807) is 0 Å². The lowest BCUT2D eigenvalue weighted by molar-refractivity contribution is 0.198. The van der Waals surface area contributed by atoms with Crippen LogP contribution >= 0.6 is 0 Å². The van der Waals surface area contributed by atoms with Crippen molar-refractivity contribution in [1.82, 2.24) is 10.2 Å². The molecule has 0 amide bonds. The summed E-state index contributed by atoms with van der Waals surface area (Å²) in [5.41, 5.74) is 5.93. The topological polar surface area (TPSA) is 41.3 Å². The number of nitrogens with one attached hydrogen (secondary N) is 1. The zero-order chi connectivity index (χ0) is 10.7. The summed E-state index contributed by atoms with van der Waals surface area (Å²) < 4.78 is 0. The molecule has 1 saturated carbocycles. The van der Waals surface area contributed by atoms with E-state index in [1.807, 2.05) is 0 Å². The lowest BCUT2D eigenvalue weighted by Gasteiger charge is -2.33. The van der Waals surface area contributed by atoms with Crippen LogP contribution < -0.4 is 11.1 Å². The van der Waals surface area contributed by atoms with Gasteiger partial charge in [-0.25, -0.2) is 0 Å². The van der Waals surface area contributed by atoms with E-state index >= 15 is 0 Å². The third kappa shape index (κ3) is 3.16. The van der Waals surface area contributed by atoms with E-state index in [9.17, 15) is 0 Å². The van der Waals surface area contributed by atoms with Gasteiger partial charge in [0, 0.05) is 18.1 Å². The number of likely N-dealkylation sites (tertiary alicyclic amines) is 1. The van der Waals surface area contributed by atoms with Gasteiger partial charge in [-0.15, -0.1) is 0 Å². The number of hydrogen-bond acceptors (Lipinski definition) is 3. The van der Waals surface area contributed by atoms with Gasteiger partial charge in [0.2, 0.25) is 0 Å². The largest absolute Gasteiger partial charge is 0.328 e. The Bertz CT molecular complexity index is 187. The van der Waals surface area contributed by atoms with Gasteiger partial charge in [0.1, 0.15) is 0 Å².